The van der Waals surface area contributed by atoms with Gasteiger partial charge in [0.2, 0.25) is 11.9 Å². The highest BCUT2D eigenvalue weighted by Gasteiger charge is 2.20. The molecule has 4 rings (SSSR count). The van der Waals surface area contributed by atoms with Gasteiger partial charge in [0.25, 0.3) is 5.95 Å². The van der Waals surface area contributed by atoms with Crippen LogP contribution in [0.5, 0.6) is 0 Å². The molecule has 9 heteroatoms. The summed E-state index contributed by atoms with van der Waals surface area (Å²) in [4.78, 5) is 15.2. The van der Waals surface area contributed by atoms with Gasteiger partial charge in [0, 0.05) is 38.1 Å². The zero-order chi connectivity index (χ0) is 17.2. The van der Waals surface area contributed by atoms with E-state index < -0.39 is 11.6 Å². The average Bonchev–Trinajstić information content (AvgIpc) is 3.05. The van der Waals surface area contributed by atoms with Gasteiger partial charge in [-0.25, -0.2) is 13.5 Å². The molecule has 1 N–H and O–H groups in total. The molecule has 7 nitrogen and oxygen atoms in total. The Hall–Kier alpha value is -3.10. The predicted octanol–water partition coefficient (Wildman–Crippen LogP) is 2.16. The van der Waals surface area contributed by atoms with E-state index in [1.54, 1.807) is 18.5 Å². The van der Waals surface area contributed by atoms with E-state index in [9.17, 15) is 8.78 Å². The van der Waals surface area contributed by atoms with Crippen molar-refractivity contribution < 1.29 is 8.78 Å². The minimum absolute atomic E-state index is 0.191. The Morgan fingerprint density at radius 3 is 2.40 bits per heavy atom. The minimum Gasteiger partial charge on any atom is -0.350 e. The van der Waals surface area contributed by atoms with Gasteiger partial charge in [-0.15, -0.1) is 0 Å². The number of hydrogen-bond donors (Lipinski definition) is 1. The van der Waals surface area contributed by atoms with Crippen LogP contribution in [0.1, 0.15) is 12.0 Å². The van der Waals surface area contributed by atoms with Crippen molar-refractivity contribution >= 4 is 11.9 Å². The number of benzene rings is 1. The number of nitrogens with one attached hydrogen (secondary N) is 1. The fourth-order valence-corrected chi connectivity index (χ4v) is 2.47. The molecule has 128 valence electrons. The van der Waals surface area contributed by atoms with Crippen LogP contribution in [0.4, 0.5) is 20.7 Å². The Bertz CT molecular complexity index is 858. The number of aromatic nitrogens is 5. The summed E-state index contributed by atoms with van der Waals surface area (Å²) in [6.07, 6.45) is 4.46. The normalized spacial score (nSPS) is 13.6. The molecule has 0 bridgehead atoms. The van der Waals surface area contributed by atoms with E-state index in [1.165, 1.54) is 16.8 Å². The molecule has 3 aromatic rings. The maximum atomic E-state index is 13.3. The van der Waals surface area contributed by atoms with Crippen molar-refractivity contribution in [1.29, 1.82) is 0 Å². The van der Waals surface area contributed by atoms with Crippen LogP contribution in [0, 0.1) is 11.6 Å². The zero-order valence-electron chi connectivity index (χ0n) is 13.2. The second-order valence-corrected chi connectivity index (χ2v) is 5.68. The molecule has 0 radical (unpaired) electrons. The quantitative estimate of drug-likeness (QED) is 0.765. The smallest absolute Gasteiger partial charge is 0.257 e. The first-order valence-electron chi connectivity index (χ1n) is 7.87. The van der Waals surface area contributed by atoms with Crippen molar-refractivity contribution in [2.24, 2.45) is 0 Å². The van der Waals surface area contributed by atoms with Gasteiger partial charge in [0.05, 0.1) is 0 Å². The summed E-state index contributed by atoms with van der Waals surface area (Å²) in [7, 11) is 0. The number of rotatable bonds is 5. The van der Waals surface area contributed by atoms with Gasteiger partial charge in [-0.05, 0) is 30.2 Å². The lowest BCUT2D eigenvalue weighted by molar-refractivity contribution is 0.580. The predicted molar refractivity (Wildman–Crippen MR) is 87.5 cm³/mol. The Balaban J connectivity index is 1.60. The Kier molecular flexibility index (Phi) is 3.96. The van der Waals surface area contributed by atoms with E-state index in [4.69, 9.17) is 0 Å². The van der Waals surface area contributed by atoms with Crippen molar-refractivity contribution in [2.75, 3.05) is 23.3 Å². The van der Waals surface area contributed by atoms with E-state index in [0.717, 1.165) is 25.6 Å². The van der Waals surface area contributed by atoms with Crippen molar-refractivity contribution in [2.45, 2.75) is 13.0 Å². The fraction of sp³-hybridized carbons (Fsp3) is 0.250. The maximum absolute atomic E-state index is 13.3. The molecule has 3 heterocycles. The fourth-order valence-electron chi connectivity index (χ4n) is 2.47. The van der Waals surface area contributed by atoms with Crippen LogP contribution in [0.3, 0.4) is 0 Å². The highest BCUT2D eigenvalue weighted by molar-refractivity contribution is 5.42. The van der Waals surface area contributed by atoms with Crippen LogP contribution in [-0.4, -0.2) is 37.8 Å². The molecule has 0 amide bonds. The molecule has 0 saturated carbocycles. The van der Waals surface area contributed by atoms with Crippen LogP contribution in [-0.2, 0) is 6.54 Å². The molecule has 1 aromatic carbocycles. The van der Waals surface area contributed by atoms with Crippen molar-refractivity contribution in [3.63, 3.8) is 0 Å². The molecular formula is C16H15F2N7. The standard InChI is InChI=1S/C16H15F2N7/c17-12-7-11(8-13(18)9-12)10-19-14-21-15(24-4-2-5-24)23-16(22-14)25-6-1-3-20-25/h1,3,6-9H,2,4-5,10H2,(H,19,21,22,23). The summed E-state index contributed by atoms with van der Waals surface area (Å²) in [6.45, 7) is 1.96. The third-order valence-electron chi connectivity index (χ3n) is 3.83. The number of nitrogens with zero attached hydrogens (tertiary/aromatic N) is 6. The van der Waals surface area contributed by atoms with E-state index in [-0.39, 0.29) is 6.54 Å². The summed E-state index contributed by atoms with van der Waals surface area (Å²) in [5.41, 5.74) is 0.462. The van der Waals surface area contributed by atoms with Gasteiger partial charge in [-0.1, -0.05) is 0 Å². The van der Waals surface area contributed by atoms with Gasteiger partial charge in [-0.3, -0.25) is 0 Å². The molecule has 0 unspecified atom stereocenters. The van der Waals surface area contributed by atoms with Gasteiger partial charge in [0.1, 0.15) is 11.6 Å². The molecule has 1 aliphatic heterocycles. The summed E-state index contributed by atoms with van der Waals surface area (Å²) in [5.74, 6) is 0.0263. The largest absolute Gasteiger partial charge is 0.350 e. The molecular weight excluding hydrogens is 328 g/mol. The first-order chi connectivity index (χ1) is 12.2. The van der Waals surface area contributed by atoms with Gasteiger partial charge in [0.15, 0.2) is 0 Å². The van der Waals surface area contributed by atoms with Crippen LogP contribution in [0.15, 0.2) is 36.7 Å². The molecule has 1 aliphatic rings. The molecule has 0 atom stereocenters. The highest BCUT2D eigenvalue weighted by atomic mass is 19.1. The molecule has 0 aliphatic carbocycles. The van der Waals surface area contributed by atoms with E-state index in [2.05, 4.69) is 25.4 Å². The molecule has 2 aromatic heterocycles. The van der Waals surface area contributed by atoms with Gasteiger partial charge in [-0.2, -0.15) is 20.1 Å². The second kappa shape index (κ2) is 6.42. The second-order valence-electron chi connectivity index (χ2n) is 5.68. The summed E-state index contributed by atoms with van der Waals surface area (Å²) >= 11 is 0. The highest BCUT2D eigenvalue weighted by Crippen LogP contribution is 2.19. The topological polar surface area (TPSA) is 71.8 Å². The third kappa shape index (κ3) is 3.39. The first-order valence-corrected chi connectivity index (χ1v) is 7.87. The molecule has 0 spiro atoms. The van der Waals surface area contributed by atoms with Crippen LogP contribution < -0.4 is 10.2 Å². The van der Waals surface area contributed by atoms with E-state index in [1.807, 2.05) is 4.90 Å². The Labute approximate surface area is 142 Å². The van der Waals surface area contributed by atoms with Gasteiger partial charge >= 0.3 is 0 Å². The number of hydrogen-bond acceptors (Lipinski definition) is 6. The SMILES string of the molecule is Fc1cc(F)cc(CNc2nc(N3CCC3)nc(-n3cccn3)n2)c1. The van der Waals surface area contributed by atoms with E-state index in [0.29, 0.717) is 23.4 Å². The minimum atomic E-state index is -0.619. The lowest BCUT2D eigenvalue weighted by Gasteiger charge is -2.30. The third-order valence-corrected chi connectivity index (χ3v) is 3.83. The van der Waals surface area contributed by atoms with Crippen LogP contribution in [0.2, 0.25) is 0 Å². The monoisotopic (exact) mass is 343 g/mol. The first kappa shape index (κ1) is 15.4. The summed E-state index contributed by atoms with van der Waals surface area (Å²) < 4.78 is 28.1. The lowest BCUT2D eigenvalue weighted by atomic mass is 10.2. The maximum Gasteiger partial charge on any atom is 0.257 e. The van der Waals surface area contributed by atoms with Crippen LogP contribution >= 0.6 is 0 Å². The zero-order valence-corrected chi connectivity index (χ0v) is 13.2. The van der Waals surface area contributed by atoms with E-state index >= 15 is 0 Å². The lowest BCUT2D eigenvalue weighted by Crippen LogP contribution is -2.38. The van der Waals surface area contributed by atoms with Crippen molar-refractivity contribution in [3.8, 4) is 5.95 Å². The number of halogens is 2. The number of anilines is 2. The summed E-state index contributed by atoms with van der Waals surface area (Å²) in [5, 5.41) is 7.13. The molecule has 1 saturated heterocycles. The van der Waals surface area contributed by atoms with Crippen LogP contribution in [0.25, 0.3) is 5.95 Å². The van der Waals surface area contributed by atoms with Crippen molar-refractivity contribution in [1.82, 2.24) is 24.7 Å². The van der Waals surface area contributed by atoms with Gasteiger partial charge < -0.3 is 10.2 Å². The van der Waals surface area contributed by atoms with Crippen molar-refractivity contribution in [3.05, 3.63) is 53.9 Å². The Morgan fingerprint density at radius 1 is 1.00 bits per heavy atom. The average molecular weight is 343 g/mol. The molecule has 25 heavy (non-hydrogen) atoms. The Morgan fingerprint density at radius 2 is 1.76 bits per heavy atom. The molecule has 1 fully saturated rings. The summed E-state index contributed by atoms with van der Waals surface area (Å²) in [6, 6.07) is 5.14.